The third kappa shape index (κ3) is 2.36. The van der Waals surface area contributed by atoms with Gasteiger partial charge >= 0.3 is 0 Å². The highest BCUT2D eigenvalue weighted by molar-refractivity contribution is 6.30. The number of halogens is 1. The molecule has 0 radical (unpaired) electrons. The largest absolute Gasteiger partial charge is 0.296 e. The van der Waals surface area contributed by atoms with Crippen molar-refractivity contribution in [3.8, 4) is 0 Å². The van der Waals surface area contributed by atoms with E-state index in [1.807, 2.05) is 18.2 Å². The van der Waals surface area contributed by atoms with Crippen molar-refractivity contribution in [2.75, 3.05) is 0 Å². The van der Waals surface area contributed by atoms with E-state index < -0.39 is 0 Å². The molecule has 1 aliphatic heterocycles. The molecule has 2 rings (SSSR count). The molecule has 2 amide bonds. The molecule has 0 aliphatic carbocycles. The summed E-state index contributed by atoms with van der Waals surface area (Å²) in [6.45, 7) is 0. The maximum atomic E-state index is 11.3. The molecule has 1 unspecified atom stereocenters. The summed E-state index contributed by atoms with van der Waals surface area (Å²) in [6.07, 6.45) is 0.851. The molecule has 1 aromatic carbocycles. The standard InChI is InChI=1S/C11H10ClNO2/c12-9-3-1-2-7(5-9)4-8-6-10(14)13-11(8)15/h1-3,5,8H,4,6H2,(H,13,14,15). The molecule has 1 aromatic rings. The lowest BCUT2D eigenvalue weighted by Crippen LogP contribution is -2.22. The fourth-order valence-electron chi connectivity index (χ4n) is 1.72. The van der Waals surface area contributed by atoms with Crippen LogP contribution in [0.3, 0.4) is 0 Å². The molecule has 0 saturated carbocycles. The molecule has 15 heavy (non-hydrogen) atoms. The molecule has 78 valence electrons. The van der Waals surface area contributed by atoms with Gasteiger partial charge in [-0.05, 0) is 24.1 Å². The van der Waals surface area contributed by atoms with Gasteiger partial charge in [-0.3, -0.25) is 14.9 Å². The zero-order chi connectivity index (χ0) is 10.8. The Morgan fingerprint density at radius 2 is 2.20 bits per heavy atom. The van der Waals surface area contributed by atoms with Crippen molar-refractivity contribution in [2.24, 2.45) is 5.92 Å². The number of benzene rings is 1. The van der Waals surface area contributed by atoms with Gasteiger partial charge in [-0.2, -0.15) is 0 Å². The van der Waals surface area contributed by atoms with Crippen molar-refractivity contribution < 1.29 is 9.59 Å². The van der Waals surface area contributed by atoms with Crippen LogP contribution in [0.5, 0.6) is 0 Å². The highest BCUT2D eigenvalue weighted by atomic mass is 35.5. The lowest BCUT2D eigenvalue weighted by Gasteiger charge is -2.05. The van der Waals surface area contributed by atoms with E-state index in [2.05, 4.69) is 5.32 Å². The maximum Gasteiger partial charge on any atom is 0.230 e. The van der Waals surface area contributed by atoms with Crippen molar-refractivity contribution in [1.82, 2.24) is 5.32 Å². The third-order valence-electron chi connectivity index (χ3n) is 2.44. The third-order valence-corrected chi connectivity index (χ3v) is 2.67. The number of carbonyl (C=O) groups is 2. The van der Waals surface area contributed by atoms with Gasteiger partial charge in [0.25, 0.3) is 0 Å². The molecule has 1 saturated heterocycles. The number of rotatable bonds is 2. The summed E-state index contributed by atoms with van der Waals surface area (Å²) in [7, 11) is 0. The zero-order valence-corrected chi connectivity index (χ0v) is 8.75. The monoisotopic (exact) mass is 223 g/mol. The van der Waals surface area contributed by atoms with Gasteiger partial charge in [0.2, 0.25) is 11.8 Å². The van der Waals surface area contributed by atoms with Crippen LogP contribution in [0, 0.1) is 5.92 Å². The minimum absolute atomic E-state index is 0.181. The predicted octanol–water partition coefficient (Wildman–Crippen LogP) is 1.55. The molecule has 1 aliphatic rings. The van der Waals surface area contributed by atoms with Gasteiger partial charge in [0.15, 0.2) is 0 Å². The Bertz CT molecular complexity index is 417. The van der Waals surface area contributed by atoms with Crippen LogP contribution in [0.25, 0.3) is 0 Å². The van der Waals surface area contributed by atoms with Crippen molar-refractivity contribution >= 4 is 23.4 Å². The Kier molecular flexibility index (Phi) is 2.73. The number of amides is 2. The number of hydrogen-bond acceptors (Lipinski definition) is 2. The fraction of sp³-hybridized carbons (Fsp3) is 0.273. The first-order valence-corrected chi connectivity index (χ1v) is 5.11. The summed E-state index contributed by atoms with van der Waals surface area (Å²) in [6, 6.07) is 7.34. The Hall–Kier alpha value is -1.35. The van der Waals surface area contributed by atoms with E-state index in [-0.39, 0.29) is 24.2 Å². The number of carbonyl (C=O) groups excluding carboxylic acids is 2. The Morgan fingerprint density at radius 3 is 2.80 bits per heavy atom. The molecule has 1 fully saturated rings. The van der Waals surface area contributed by atoms with E-state index in [0.29, 0.717) is 11.4 Å². The lowest BCUT2D eigenvalue weighted by molar-refractivity contribution is -0.125. The Morgan fingerprint density at radius 1 is 1.40 bits per heavy atom. The Labute approximate surface area is 92.4 Å². The normalized spacial score (nSPS) is 20.5. The summed E-state index contributed by atoms with van der Waals surface area (Å²) in [5.41, 5.74) is 0.984. The van der Waals surface area contributed by atoms with Crippen molar-refractivity contribution in [3.63, 3.8) is 0 Å². The number of nitrogens with one attached hydrogen (secondary N) is 1. The molecule has 4 heteroatoms. The first-order valence-electron chi connectivity index (χ1n) is 4.73. The minimum atomic E-state index is -0.240. The number of hydrogen-bond donors (Lipinski definition) is 1. The first kappa shape index (κ1) is 10.2. The van der Waals surface area contributed by atoms with Crippen LogP contribution in [0.4, 0.5) is 0 Å². The quantitative estimate of drug-likeness (QED) is 0.774. The van der Waals surface area contributed by atoms with Gasteiger partial charge < -0.3 is 0 Å². The van der Waals surface area contributed by atoms with Gasteiger partial charge in [-0.25, -0.2) is 0 Å². The molecular weight excluding hydrogens is 214 g/mol. The van der Waals surface area contributed by atoms with Gasteiger partial charge in [-0.15, -0.1) is 0 Å². The number of imide groups is 1. The smallest absolute Gasteiger partial charge is 0.230 e. The molecule has 0 aromatic heterocycles. The Balaban J connectivity index is 2.09. The highest BCUT2D eigenvalue weighted by Gasteiger charge is 2.30. The van der Waals surface area contributed by atoms with E-state index in [4.69, 9.17) is 11.6 Å². The van der Waals surface area contributed by atoms with Crippen LogP contribution in [-0.4, -0.2) is 11.8 Å². The second-order valence-corrected chi connectivity index (χ2v) is 4.08. The second-order valence-electron chi connectivity index (χ2n) is 3.65. The van der Waals surface area contributed by atoms with Gasteiger partial charge in [0.05, 0.1) is 5.92 Å². The fourth-order valence-corrected chi connectivity index (χ4v) is 1.93. The molecule has 1 atom stereocenters. The van der Waals surface area contributed by atoms with Crippen molar-refractivity contribution in [1.29, 1.82) is 0 Å². The van der Waals surface area contributed by atoms with E-state index in [0.717, 1.165) is 5.56 Å². The van der Waals surface area contributed by atoms with E-state index in [1.54, 1.807) is 6.07 Å². The summed E-state index contributed by atoms with van der Waals surface area (Å²) in [5, 5.41) is 2.94. The second kappa shape index (κ2) is 4.03. The molecule has 0 spiro atoms. The maximum absolute atomic E-state index is 11.3. The van der Waals surface area contributed by atoms with Crippen LogP contribution in [-0.2, 0) is 16.0 Å². The van der Waals surface area contributed by atoms with Crippen LogP contribution in [0.15, 0.2) is 24.3 Å². The van der Waals surface area contributed by atoms with Crippen LogP contribution >= 0.6 is 11.6 Å². The predicted molar refractivity (Wildman–Crippen MR) is 56.4 cm³/mol. The van der Waals surface area contributed by atoms with Gasteiger partial charge in [0, 0.05) is 11.4 Å². The highest BCUT2D eigenvalue weighted by Crippen LogP contribution is 2.19. The minimum Gasteiger partial charge on any atom is -0.296 e. The molecule has 1 N–H and O–H groups in total. The first-order chi connectivity index (χ1) is 7.15. The molecule has 1 heterocycles. The average molecular weight is 224 g/mol. The lowest BCUT2D eigenvalue weighted by atomic mass is 9.98. The van der Waals surface area contributed by atoms with Crippen molar-refractivity contribution in [3.05, 3.63) is 34.9 Å². The summed E-state index contributed by atoms with van der Waals surface area (Å²) >= 11 is 5.83. The van der Waals surface area contributed by atoms with Gasteiger partial charge in [-0.1, -0.05) is 23.7 Å². The zero-order valence-electron chi connectivity index (χ0n) is 8.00. The summed E-state index contributed by atoms with van der Waals surface area (Å²) in [5.74, 6) is -0.608. The van der Waals surface area contributed by atoms with E-state index >= 15 is 0 Å². The van der Waals surface area contributed by atoms with E-state index in [9.17, 15) is 9.59 Å². The average Bonchev–Trinajstić information content (AvgIpc) is 2.45. The van der Waals surface area contributed by atoms with E-state index in [1.165, 1.54) is 0 Å². The summed E-state index contributed by atoms with van der Waals surface area (Å²) in [4.78, 5) is 22.3. The van der Waals surface area contributed by atoms with Gasteiger partial charge in [0.1, 0.15) is 0 Å². The SMILES string of the molecule is O=C1CC(Cc2cccc(Cl)c2)C(=O)N1. The molecule has 3 nitrogen and oxygen atoms in total. The van der Waals surface area contributed by atoms with Crippen LogP contribution < -0.4 is 5.32 Å². The molecular formula is C11H10ClNO2. The van der Waals surface area contributed by atoms with Crippen LogP contribution in [0.1, 0.15) is 12.0 Å². The topological polar surface area (TPSA) is 46.2 Å². The van der Waals surface area contributed by atoms with Crippen molar-refractivity contribution in [2.45, 2.75) is 12.8 Å². The molecule has 0 bridgehead atoms. The van der Waals surface area contributed by atoms with Crippen LogP contribution in [0.2, 0.25) is 5.02 Å². The summed E-state index contributed by atoms with van der Waals surface area (Å²) < 4.78 is 0.